The van der Waals surface area contributed by atoms with E-state index in [1.54, 1.807) is 24.2 Å². The van der Waals surface area contributed by atoms with Crippen molar-refractivity contribution in [3.63, 3.8) is 0 Å². The van der Waals surface area contributed by atoms with E-state index in [1.165, 1.54) is 0 Å². The van der Waals surface area contributed by atoms with Crippen molar-refractivity contribution in [2.45, 2.75) is 6.61 Å². The minimum absolute atomic E-state index is 0.313. The Morgan fingerprint density at radius 1 is 1.50 bits per heavy atom. The number of rotatable bonds is 4. The molecule has 0 amide bonds. The molecule has 82 valence electrons. The van der Waals surface area contributed by atoms with E-state index in [-0.39, 0.29) is 0 Å². The van der Waals surface area contributed by atoms with Crippen molar-refractivity contribution in [3.8, 4) is 5.82 Å². The first-order valence-corrected chi connectivity index (χ1v) is 4.79. The summed E-state index contributed by atoms with van der Waals surface area (Å²) in [6, 6.07) is 5.50. The smallest absolute Gasteiger partial charge is 0.153 e. The number of carbonyl (C=O) groups is 1. The van der Waals surface area contributed by atoms with Crippen LogP contribution in [0.5, 0.6) is 0 Å². The minimum atomic E-state index is 0.313. The van der Waals surface area contributed by atoms with Gasteiger partial charge in [0.15, 0.2) is 12.1 Å². The maximum atomic E-state index is 10.8. The van der Waals surface area contributed by atoms with Gasteiger partial charge in [-0.3, -0.25) is 4.79 Å². The molecule has 5 nitrogen and oxygen atoms in total. The average Bonchev–Trinajstić information content (AvgIpc) is 2.74. The lowest BCUT2D eigenvalue weighted by molar-refractivity contribution is 0.111. The highest BCUT2D eigenvalue weighted by molar-refractivity contribution is 5.76. The van der Waals surface area contributed by atoms with Crippen LogP contribution in [0.1, 0.15) is 16.1 Å². The van der Waals surface area contributed by atoms with Gasteiger partial charge in [-0.2, -0.15) is 5.10 Å². The predicted octanol–water partition coefficient (Wildman–Crippen LogP) is 1.23. The third kappa shape index (κ3) is 1.99. The van der Waals surface area contributed by atoms with E-state index in [2.05, 4.69) is 10.1 Å². The first kappa shape index (κ1) is 10.5. The molecule has 0 bridgehead atoms. The fourth-order valence-corrected chi connectivity index (χ4v) is 1.38. The van der Waals surface area contributed by atoms with Crippen molar-refractivity contribution >= 4 is 6.29 Å². The maximum absolute atomic E-state index is 10.8. The lowest BCUT2D eigenvalue weighted by atomic mass is 10.3. The second-order valence-corrected chi connectivity index (χ2v) is 3.21. The molecule has 2 aromatic rings. The van der Waals surface area contributed by atoms with E-state index in [0.29, 0.717) is 23.7 Å². The zero-order valence-electron chi connectivity index (χ0n) is 8.83. The topological polar surface area (TPSA) is 57.0 Å². The summed E-state index contributed by atoms with van der Waals surface area (Å²) < 4.78 is 6.53. The van der Waals surface area contributed by atoms with Crippen LogP contribution in [0.2, 0.25) is 0 Å². The standard InChI is InChI=1S/C11H11N3O2/c1-16-8-10-9(7-15)6-14(13-10)11-4-2-3-5-12-11/h2-7H,8H2,1H3. The molecule has 5 heteroatoms. The molecule has 0 saturated carbocycles. The summed E-state index contributed by atoms with van der Waals surface area (Å²) in [6.07, 6.45) is 4.08. The van der Waals surface area contributed by atoms with Crippen LogP contribution >= 0.6 is 0 Å². The zero-order valence-corrected chi connectivity index (χ0v) is 8.83. The van der Waals surface area contributed by atoms with Gasteiger partial charge in [-0.15, -0.1) is 0 Å². The molecule has 0 atom stereocenters. The molecule has 0 saturated heterocycles. The summed E-state index contributed by atoms with van der Waals surface area (Å²) in [4.78, 5) is 15.0. The number of pyridine rings is 1. The van der Waals surface area contributed by atoms with Crippen LogP contribution in [0, 0.1) is 0 Å². The van der Waals surface area contributed by atoms with Crippen LogP contribution in [0.3, 0.4) is 0 Å². The first-order valence-electron chi connectivity index (χ1n) is 4.79. The van der Waals surface area contributed by atoms with Crippen molar-refractivity contribution in [2.75, 3.05) is 7.11 Å². The first-order chi connectivity index (χ1) is 7.85. The fourth-order valence-electron chi connectivity index (χ4n) is 1.38. The monoisotopic (exact) mass is 217 g/mol. The number of methoxy groups -OCH3 is 1. The molecule has 2 heterocycles. The third-order valence-corrected chi connectivity index (χ3v) is 2.12. The van der Waals surface area contributed by atoms with Gasteiger partial charge in [0.1, 0.15) is 0 Å². The second-order valence-electron chi connectivity index (χ2n) is 3.21. The van der Waals surface area contributed by atoms with Gasteiger partial charge in [-0.05, 0) is 12.1 Å². The Morgan fingerprint density at radius 2 is 2.38 bits per heavy atom. The van der Waals surface area contributed by atoms with Gasteiger partial charge < -0.3 is 4.74 Å². The van der Waals surface area contributed by atoms with Crippen LogP contribution in [0.25, 0.3) is 5.82 Å². The lowest BCUT2D eigenvalue weighted by Crippen LogP contribution is -1.98. The van der Waals surface area contributed by atoms with Crippen LogP contribution in [0.15, 0.2) is 30.6 Å². The molecule has 0 aromatic carbocycles. The Bertz CT molecular complexity index is 479. The van der Waals surface area contributed by atoms with Gasteiger partial charge >= 0.3 is 0 Å². The summed E-state index contributed by atoms with van der Waals surface area (Å²) in [5.74, 6) is 0.674. The predicted molar refractivity (Wildman–Crippen MR) is 57.5 cm³/mol. The van der Waals surface area contributed by atoms with E-state index in [1.807, 2.05) is 18.2 Å². The number of nitrogens with zero attached hydrogens (tertiary/aromatic N) is 3. The summed E-state index contributed by atoms with van der Waals surface area (Å²) in [6.45, 7) is 0.313. The van der Waals surface area contributed by atoms with Gasteiger partial charge in [0.25, 0.3) is 0 Å². The molecule has 0 fully saturated rings. The van der Waals surface area contributed by atoms with Crippen LogP contribution in [-0.4, -0.2) is 28.2 Å². The number of aromatic nitrogens is 3. The van der Waals surface area contributed by atoms with Crippen molar-refractivity contribution in [2.24, 2.45) is 0 Å². The number of aldehydes is 1. The van der Waals surface area contributed by atoms with Gasteiger partial charge in [-0.25, -0.2) is 9.67 Å². The lowest BCUT2D eigenvalue weighted by Gasteiger charge is -1.98. The number of ether oxygens (including phenoxy) is 1. The van der Waals surface area contributed by atoms with Crippen LogP contribution in [-0.2, 0) is 11.3 Å². The molecular weight excluding hydrogens is 206 g/mol. The molecule has 0 aliphatic rings. The van der Waals surface area contributed by atoms with E-state index in [0.717, 1.165) is 6.29 Å². The summed E-state index contributed by atoms with van der Waals surface area (Å²) in [5, 5.41) is 4.24. The second kappa shape index (κ2) is 4.67. The van der Waals surface area contributed by atoms with E-state index >= 15 is 0 Å². The minimum Gasteiger partial charge on any atom is -0.378 e. The van der Waals surface area contributed by atoms with Crippen LogP contribution in [0.4, 0.5) is 0 Å². The third-order valence-electron chi connectivity index (χ3n) is 2.12. The Kier molecular flexibility index (Phi) is 3.07. The largest absolute Gasteiger partial charge is 0.378 e. The molecular formula is C11H11N3O2. The van der Waals surface area contributed by atoms with Crippen molar-refractivity contribution in [1.29, 1.82) is 0 Å². The van der Waals surface area contributed by atoms with E-state index in [4.69, 9.17) is 4.74 Å². The zero-order chi connectivity index (χ0) is 11.4. The van der Waals surface area contributed by atoms with Gasteiger partial charge in [-0.1, -0.05) is 6.07 Å². The van der Waals surface area contributed by atoms with E-state index in [9.17, 15) is 4.79 Å². The highest BCUT2D eigenvalue weighted by Gasteiger charge is 2.09. The highest BCUT2D eigenvalue weighted by atomic mass is 16.5. The molecule has 0 spiro atoms. The van der Waals surface area contributed by atoms with E-state index < -0.39 is 0 Å². The normalized spacial score (nSPS) is 10.3. The SMILES string of the molecule is COCc1nn(-c2ccccn2)cc1C=O. The number of hydrogen-bond donors (Lipinski definition) is 0. The molecule has 0 N–H and O–H groups in total. The average molecular weight is 217 g/mol. The van der Waals surface area contributed by atoms with Crippen molar-refractivity contribution in [1.82, 2.24) is 14.8 Å². The highest BCUT2D eigenvalue weighted by Crippen LogP contribution is 2.09. The summed E-state index contributed by atoms with van der Waals surface area (Å²) in [5.41, 5.74) is 1.13. The fraction of sp³-hybridized carbons (Fsp3) is 0.182. The molecule has 2 rings (SSSR count). The molecule has 0 unspecified atom stereocenters. The molecule has 0 aliphatic carbocycles. The Labute approximate surface area is 92.7 Å². The maximum Gasteiger partial charge on any atom is 0.153 e. The summed E-state index contributed by atoms with van der Waals surface area (Å²) in [7, 11) is 1.56. The molecule has 2 aromatic heterocycles. The molecule has 0 radical (unpaired) electrons. The molecule has 16 heavy (non-hydrogen) atoms. The summed E-state index contributed by atoms with van der Waals surface area (Å²) >= 11 is 0. The van der Waals surface area contributed by atoms with Crippen molar-refractivity contribution in [3.05, 3.63) is 41.9 Å². The number of hydrogen-bond acceptors (Lipinski definition) is 4. The van der Waals surface area contributed by atoms with Crippen molar-refractivity contribution < 1.29 is 9.53 Å². The number of carbonyl (C=O) groups excluding carboxylic acids is 1. The van der Waals surface area contributed by atoms with Gasteiger partial charge in [0.05, 0.1) is 17.9 Å². The molecule has 0 aliphatic heterocycles. The quantitative estimate of drug-likeness (QED) is 0.723. The Balaban J connectivity index is 2.40. The Hall–Kier alpha value is -2.01. The van der Waals surface area contributed by atoms with Gasteiger partial charge in [0.2, 0.25) is 0 Å². The van der Waals surface area contributed by atoms with Crippen LogP contribution < -0.4 is 0 Å². The van der Waals surface area contributed by atoms with Gasteiger partial charge in [0, 0.05) is 19.5 Å². The Morgan fingerprint density at radius 3 is 3.00 bits per heavy atom.